The highest BCUT2D eigenvalue weighted by molar-refractivity contribution is 9.10. The van der Waals surface area contributed by atoms with Gasteiger partial charge in [0.1, 0.15) is 11.6 Å². The van der Waals surface area contributed by atoms with Crippen LogP contribution in [0.4, 0.5) is 21.5 Å². The third-order valence-corrected chi connectivity index (χ3v) is 3.53. The second kappa shape index (κ2) is 6.35. The van der Waals surface area contributed by atoms with Crippen LogP contribution in [0.15, 0.2) is 34.8 Å². The molecule has 2 aromatic rings. The lowest BCUT2D eigenvalue weighted by molar-refractivity contribution is 0.244. The van der Waals surface area contributed by atoms with Gasteiger partial charge in [-0.25, -0.2) is 4.39 Å². The maximum absolute atomic E-state index is 13.6. The van der Waals surface area contributed by atoms with Crippen molar-refractivity contribution in [2.45, 2.75) is 26.9 Å². The Morgan fingerprint density at radius 1 is 1.24 bits per heavy atom. The molecule has 0 aromatic heterocycles. The number of hydrogen-bond donors (Lipinski definition) is 2. The third kappa shape index (κ3) is 3.88. The molecule has 0 heterocycles. The molecule has 0 aliphatic carbocycles. The Bertz CT molecular complexity index is 659. The number of anilines is 3. The summed E-state index contributed by atoms with van der Waals surface area (Å²) in [7, 11) is 0. The highest BCUT2D eigenvalue weighted by Gasteiger charge is 2.08. The van der Waals surface area contributed by atoms with Gasteiger partial charge < -0.3 is 15.8 Å². The monoisotopic (exact) mass is 352 g/mol. The predicted octanol–water partition coefficient (Wildman–Crippen LogP) is 5.01. The van der Waals surface area contributed by atoms with E-state index in [1.165, 1.54) is 6.07 Å². The Kier molecular flexibility index (Phi) is 4.73. The molecule has 0 aliphatic rings. The first-order valence-corrected chi connectivity index (χ1v) is 7.45. The topological polar surface area (TPSA) is 47.3 Å². The van der Waals surface area contributed by atoms with E-state index in [2.05, 4.69) is 21.2 Å². The molecule has 2 aromatic carbocycles. The fourth-order valence-electron chi connectivity index (χ4n) is 1.90. The van der Waals surface area contributed by atoms with Crippen molar-refractivity contribution in [2.24, 2.45) is 0 Å². The molecule has 3 N–H and O–H groups in total. The largest absolute Gasteiger partial charge is 0.489 e. The summed E-state index contributed by atoms with van der Waals surface area (Å²) in [5, 5.41) is 3.18. The van der Waals surface area contributed by atoms with Crippen LogP contribution in [0.5, 0.6) is 5.75 Å². The van der Waals surface area contributed by atoms with E-state index in [1.807, 2.05) is 32.9 Å². The molecule has 0 saturated carbocycles. The van der Waals surface area contributed by atoms with Gasteiger partial charge in [0.15, 0.2) is 0 Å². The number of nitrogen functional groups attached to an aromatic ring is 1. The van der Waals surface area contributed by atoms with Crippen LogP contribution in [0.2, 0.25) is 0 Å². The summed E-state index contributed by atoms with van der Waals surface area (Å²) >= 11 is 3.17. The van der Waals surface area contributed by atoms with Crippen LogP contribution in [0.1, 0.15) is 19.4 Å². The summed E-state index contributed by atoms with van der Waals surface area (Å²) in [6.45, 7) is 5.79. The molecular formula is C16H18BrFN2O. The Morgan fingerprint density at radius 3 is 2.62 bits per heavy atom. The Balaban J connectivity index is 2.30. The lowest BCUT2D eigenvalue weighted by Gasteiger charge is -2.15. The van der Waals surface area contributed by atoms with Gasteiger partial charge in [-0.2, -0.15) is 0 Å². The second-order valence-electron chi connectivity index (χ2n) is 5.13. The van der Waals surface area contributed by atoms with E-state index in [0.717, 1.165) is 11.3 Å². The van der Waals surface area contributed by atoms with E-state index in [-0.39, 0.29) is 11.9 Å². The van der Waals surface area contributed by atoms with Crippen molar-refractivity contribution in [3.63, 3.8) is 0 Å². The quantitative estimate of drug-likeness (QED) is 0.760. The number of aryl methyl sites for hydroxylation is 1. The van der Waals surface area contributed by atoms with Gasteiger partial charge in [0.05, 0.1) is 16.3 Å². The first-order chi connectivity index (χ1) is 9.86. The maximum atomic E-state index is 13.6. The van der Waals surface area contributed by atoms with E-state index in [4.69, 9.17) is 10.5 Å². The van der Waals surface area contributed by atoms with Gasteiger partial charge in [0.25, 0.3) is 0 Å². The number of nitrogens with one attached hydrogen (secondary N) is 1. The first kappa shape index (κ1) is 15.6. The fraction of sp³-hybridized carbons (Fsp3) is 0.250. The Morgan fingerprint density at radius 2 is 1.95 bits per heavy atom. The highest BCUT2D eigenvalue weighted by Crippen LogP contribution is 2.31. The number of hydrogen-bond acceptors (Lipinski definition) is 3. The smallest absolute Gasteiger partial charge is 0.144 e. The van der Waals surface area contributed by atoms with Crippen molar-refractivity contribution in [1.29, 1.82) is 0 Å². The van der Waals surface area contributed by atoms with Crippen LogP contribution in [0.3, 0.4) is 0 Å². The molecular weight excluding hydrogens is 335 g/mol. The molecule has 0 radical (unpaired) electrons. The van der Waals surface area contributed by atoms with Crippen LogP contribution < -0.4 is 15.8 Å². The summed E-state index contributed by atoms with van der Waals surface area (Å²) in [6, 6.07) is 8.61. The minimum absolute atomic E-state index is 0.0365. The predicted molar refractivity (Wildman–Crippen MR) is 88.7 cm³/mol. The zero-order valence-electron chi connectivity index (χ0n) is 12.2. The zero-order chi connectivity index (χ0) is 15.6. The normalized spacial score (nSPS) is 10.8. The third-order valence-electron chi connectivity index (χ3n) is 2.92. The summed E-state index contributed by atoms with van der Waals surface area (Å²) in [4.78, 5) is 0. The number of nitrogens with two attached hydrogens (primary N) is 1. The molecule has 3 nitrogen and oxygen atoms in total. The van der Waals surface area contributed by atoms with Crippen molar-refractivity contribution in [1.82, 2.24) is 0 Å². The molecule has 112 valence electrons. The van der Waals surface area contributed by atoms with E-state index < -0.39 is 0 Å². The molecule has 5 heteroatoms. The highest BCUT2D eigenvalue weighted by atomic mass is 79.9. The van der Waals surface area contributed by atoms with E-state index in [0.29, 0.717) is 21.6 Å². The Labute approximate surface area is 132 Å². The zero-order valence-corrected chi connectivity index (χ0v) is 13.8. The second-order valence-corrected chi connectivity index (χ2v) is 5.98. The van der Waals surface area contributed by atoms with E-state index in [1.54, 1.807) is 12.1 Å². The molecule has 2 rings (SSSR count). The molecule has 0 amide bonds. The van der Waals surface area contributed by atoms with Crippen LogP contribution in [0, 0.1) is 12.7 Å². The first-order valence-electron chi connectivity index (χ1n) is 6.65. The fourth-order valence-corrected chi connectivity index (χ4v) is 2.36. The average molecular weight is 353 g/mol. The van der Waals surface area contributed by atoms with Crippen molar-refractivity contribution < 1.29 is 9.13 Å². The van der Waals surface area contributed by atoms with Crippen molar-refractivity contribution in [2.75, 3.05) is 11.1 Å². The van der Waals surface area contributed by atoms with Gasteiger partial charge in [-0.3, -0.25) is 0 Å². The molecule has 0 saturated heterocycles. The van der Waals surface area contributed by atoms with Gasteiger partial charge in [0, 0.05) is 17.4 Å². The minimum atomic E-state index is -0.308. The van der Waals surface area contributed by atoms with Crippen LogP contribution in [-0.2, 0) is 0 Å². The van der Waals surface area contributed by atoms with Gasteiger partial charge in [-0.15, -0.1) is 0 Å². The van der Waals surface area contributed by atoms with Crippen LogP contribution >= 0.6 is 15.9 Å². The average Bonchev–Trinajstić information content (AvgIpc) is 2.39. The lowest BCUT2D eigenvalue weighted by atomic mass is 10.2. The summed E-state index contributed by atoms with van der Waals surface area (Å²) in [5.74, 6) is 0.308. The minimum Gasteiger partial charge on any atom is -0.489 e. The number of benzene rings is 2. The molecule has 0 bridgehead atoms. The summed E-state index contributed by atoms with van der Waals surface area (Å²) in [5.41, 5.74) is 8.90. The summed E-state index contributed by atoms with van der Waals surface area (Å²) < 4.78 is 19.7. The number of rotatable bonds is 4. The van der Waals surface area contributed by atoms with Crippen molar-refractivity contribution in [3.05, 3.63) is 46.2 Å². The standard InChI is InChI=1S/C16H18BrFN2O/c1-9(2)21-16-7-11(4-5-14(16)19)20-15-8-13(18)12(17)6-10(15)3/h4-9,20H,19H2,1-3H3. The lowest BCUT2D eigenvalue weighted by Crippen LogP contribution is -2.07. The van der Waals surface area contributed by atoms with Gasteiger partial charge in [-0.1, -0.05) is 0 Å². The van der Waals surface area contributed by atoms with E-state index >= 15 is 0 Å². The van der Waals surface area contributed by atoms with Gasteiger partial charge >= 0.3 is 0 Å². The molecule has 0 spiro atoms. The molecule has 21 heavy (non-hydrogen) atoms. The Hall–Kier alpha value is -1.75. The van der Waals surface area contributed by atoms with E-state index in [9.17, 15) is 4.39 Å². The molecule has 0 aliphatic heterocycles. The number of ether oxygens (including phenoxy) is 1. The molecule has 0 atom stereocenters. The van der Waals surface area contributed by atoms with Crippen molar-refractivity contribution in [3.8, 4) is 5.75 Å². The maximum Gasteiger partial charge on any atom is 0.144 e. The molecule has 0 unspecified atom stereocenters. The number of halogens is 2. The SMILES string of the molecule is Cc1cc(Br)c(F)cc1Nc1ccc(N)c(OC(C)C)c1. The van der Waals surface area contributed by atoms with Gasteiger partial charge in [-0.05, 0) is 66.5 Å². The van der Waals surface area contributed by atoms with Crippen LogP contribution in [0.25, 0.3) is 0 Å². The van der Waals surface area contributed by atoms with Crippen molar-refractivity contribution >= 4 is 33.0 Å². The summed E-state index contributed by atoms with van der Waals surface area (Å²) in [6.07, 6.45) is 0.0365. The van der Waals surface area contributed by atoms with Gasteiger partial charge in [0.2, 0.25) is 0 Å². The van der Waals surface area contributed by atoms with Crippen LogP contribution in [-0.4, -0.2) is 6.10 Å². The molecule has 0 fully saturated rings.